The van der Waals surface area contributed by atoms with Crippen LogP contribution in [0.1, 0.15) is 31.7 Å². The molecule has 1 aliphatic rings. The molecule has 0 bridgehead atoms. The van der Waals surface area contributed by atoms with E-state index in [1.54, 1.807) is 6.92 Å². The standard InChI is InChI=1S/C15H23N3O4S.ClH/c1-3-8-17-9-6-13(7-10-17)16-23(21,22)14-5-4-12(2)15(11-14)18(19)20;/h4-5,11,13,16H,3,6-10H2,1-2H3;1H. The number of likely N-dealkylation sites (tertiary alicyclic amines) is 1. The van der Waals surface area contributed by atoms with E-state index in [9.17, 15) is 18.5 Å². The van der Waals surface area contributed by atoms with Crippen LogP contribution in [0.2, 0.25) is 0 Å². The lowest BCUT2D eigenvalue weighted by Crippen LogP contribution is -2.44. The predicted octanol–water partition coefficient (Wildman–Crippen LogP) is 2.48. The Bertz CT molecular complexity index is 673. The zero-order valence-corrected chi connectivity index (χ0v) is 15.5. The lowest BCUT2D eigenvalue weighted by Gasteiger charge is -2.31. The molecule has 0 aromatic heterocycles. The largest absolute Gasteiger partial charge is 0.303 e. The van der Waals surface area contributed by atoms with Crippen molar-refractivity contribution in [2.45, 2.75) is 44.0 Å². The molecule has 0 atom stereocenters. The summed E-state index contributed by atoms with van der Waals surface area (Å²) < 4.78 is 27.6. The Labute approximate surface area is 149 Å². The van der Waals surface area contributed by atoms with Crippen LogP contribution in [0.15, 0.2) is 23.1 Å². The molecule has 0 unspecified atom stereocenters. The molecule has 9 heteroatoms. The summed E-state index contributed by atoms with van der Waals surface area (Å²) in [7, 11) is -3.74. The van der Waals surface area contributed by atoms with Gasteiger partial charge >= 0.3 is 0 Å². The Morgan fingerprint density at radius 1 is 1.33 bits per heavy atom. The van der Waals surface area contributed by atoms with Gasteiger partial charge in [0.05, 0.1) is 9.82 Å². The van der Waals surface area contributed by atoms with Gasteiger partial charge in [0.15, 0.2) is 0 Å². The maximum absolute atomic E-state index is 12.4. The van der Waals surface area contributed by atoms with Crippen molar-refractivity contribution in [1.29, 1.82) is 0 Å². The van der Waals surface area contributed by atoms with Gasteiger partial charge in [-0.3, -0.25) is 10.1 Å². The van der Waals surface area contributed by atoms with Crippen molar-refractivity contribution in [2.24, 2.45) is 0 Å². The normalized spacial score (nSPS) is 16.6. The minimum Gasteiger partial charge on any atom is -0.303 e. The molecule has 24 heavy (non-hydrogen) atoms. The molecule has 0 spiro atoms. The van der Waals surface area contributed by atoms with Gasteiger partial charge in [-0.25, -0.2) is 13.1 Å². The number of hydrogen-bond donors (Lipinski definition) is 1. The Balaban J connectivity index is 0.00000288. The minimum atomic E-state index is -3.74. The number of nitrogens with zero attached hydrogens (tertiary/aromatic N) is 2. The van der Waals surface area contributed by atoms with Gasteiger partial charge in [0.25, 0.3) is 5.69 Å². The monoisotopic (exact) mass is 377 g/mol. The predicted molar refractivity (Wildman–Crippen MR) is 95.2 cm³/mol. The van der Waals surface area contributed by atoms with Crippen LogP contribution in [0.25, 0.3) is 0 Å². The van der Waals surface area contributed by atoms with Crippen molar-refractivity contribution in [2.75, 3.05) is 19.6 Å². The van der Waals surface area contributed by atoms with E-state index in [2.05, 4.69) is 16.5 Å². The second-order valence-electron chi connectivity index (χ2n) is 5.94. The lowest BCUT2D eigenvalue weighted by atomic mass is 10.1. The number of nitro groups is 1. The Morgan fingerprint density at radius 2 is 1.96 bits per heavy atom. The molecule has 0 saturated carbocycles. The Morgan fingerprint density at radius 3 is 2.50 bits per heavy atom. The van der Waals surface area contributed by atoms with Crippen LogP contribution < -0.4 is 4.72 Å². The van der Waals surface area contributed by atoms with E-state index in [1.807, 2.05) is 0 Å². The first-order valence-electron chi connectivity index (χ1n) is 7.83. The third kappa shape index (κ3) is 5.14. The molecule has 1 saturated heterocycles. The van der Waals surface area contributed by atoms with Crippen LogP contribution in [0.3, 0.4) is 0 Å². The van der Waals surface area contributed by atoms with Crippen molar-refractivity contribution in [1.82, 2.24) is 9.62 Å². The average Bonchev–Trinajstić information content (AvgIpc) is 2.49. The second kappa shape index (κ2) is 8.75. The van der Waals surface area contributed by atoms with E-state index in [-0.39, 0.29) is 29.0 Å². The molecule has 7 nitrogen and oxygen atoms in total. The summed E-state index contributed by atoms with van der Waals surface area (Å²) >= 11 is 0. The van der Waals surface area contributed by atoms with Gasteiger partial charge in [-0.2, -0.15) is 0 Å². The molecule has 0 amide bonds. The SMILES string of the molecule is CCCN1CCC(NS(=O)(=O)c2ccc(C)c([N+](=O)[O-])c2)CC1.Cl. The van der Waals surface area contributed by atoms with Crippen LogP contribution in [-0.4, -0.2) is 43.9 Å². The van der Waals surface area contributed by atoms with E-state index >= 15 is 0 Å². The highest BCUT2D eigenvalue weighted by atomic mass is 35.5. The van der Waals surface area contributed by atoms with Crippen LogP contribution in [0.5, 0.6) is 0 Å². The number of hydrogen-bond acceptors (Lipinski definition) is 5. The zero-order chi connectivity index (χ0) is 17.0. The van der Waals surface area contributed by atoms with Gasteiger partial charge in [0.2, 0.25) is 10.0 Å². The molecule has 0 aliphatic carbocycles. The van der Waals surface area contributed by atoms with E-state index in [1.165, 1.54) is 12.1 Å². The van der Waals surface area contributed by atoms with Crippen molar-refractivity contribution in [3.63, 3.8) is 0 Å². The molecule has 1 aromatic rings. The zero-order valence-electron chi connectivity index (χ0n) is 13.9. The van der Waals surface area contributed by atoms with Crippen LogP contribution in [0.4, 0.5) is 5.69 Å². The summed E-state index contributed by atoms with van der Waals surface area (Å²) in [6.07, 6.45) is 2.60. The third-order valence-corrected chi connectivity index (χ3v) is 5.65. The molecule has 1 heterocycles. The quantitative estimate of drug-likeness (QED) is 0.607. The highest BCUT2D eigenvalue weighted by Crippen LogP contribution is 2.23. The Hall–Kier alpha value is -1.22. The van der Waals surface area contributed by atoms with Crippen LogP contribution in [-0.2, 0) is 10.0 Å². The van der Waals surface area contributed by atoms with E-state index in [0.717, 1.165) is 45.0 Å². The smallest absolute Gasteiger partial charge is 0.273 e. The summed E-state index contributed by atoms with van der Waals surface area (Å²) in [5.41, 5.74) is 0.271. The van der Waals surface area contributed by atoms with Crippen LogP contribution in [0, 0.1) is 17.0 Å². The second-order valence-corrected chi connectivity index (χ2v) is 7.66. The fraction of sp³-hybridized carbons (Fsp3) is 0.600. The minimum absolute atomic E-state index is 0. The molecular formula is C15H24ClN3O4S. The topological polar surface area (TPSA) is 92.6 Å². The third-order valence-electron chi connectivity index (χ3n) is 4.14. The van der Waals surface area contributed by atoms with E-state index in [0.29, 0.717) is 5.56 Å². The van der Waals surface area contributed by atoms with Crippen molar-refractivity contribution < 1.29 is 13.3 Å². The van der Waals surface area contributed by atoms with Crippen molar-refractivity contribution >= 4 is 28.1 Å². The summed E-state index contributed by atoms with van der Waals surface area (Å²) in [6, 6.07) is 3.89. The average molecular weight is 378 g/mol. The van der Waals surface area contributed by atoms with Gasteiger partial charge in [0.1, 0.15) is 0 Å². The molecule has 1 aromatic carbocycles. The van der Waals surface area contributed by atoms with E-state index < -0.39 is 14.9 Å². The number of rotatable bonds is 6. The first-order valence-corrected chi connectivity index (χ1v) is 9.31. The van der Waals surface area contributed by atoms with Gasteiger partial charge < -0.3 is 4.90 Å². The fourth-order valence-corrected chi connectivity index (χ4v) is 4.16. The first-order chi connectivity index (χ1) is 10.8. The number of nitro benzene ring substituents is 1. The summed E-state index contributed by atoms with van der Waals surface area (Å²) in [5.74, 6) is 0. The van der Waals surface area contributed by atoms with Gasteiger partial charge in [0, 0.05) is 17.7 Å². The van der Waals surface area contributed by atoms with Crippen molar-refractivity contribution in [3.05, 3.63) is 33.9 Å². The van der Waals surface area contributed by atoms with E-state index in [4.69, 9.17) is 0 Å². The highest BCUT2D eigenvalue weighted by molar-refractivity contribution is 7.89. The van der Waals surface area contributed by atoms with Gasteiger partial charge in [-0.1, -0.05) is 13.0 Å². The molecule has 1 N–H and O–H groups in total. The van der Waals surface area contributed by atoms with Gasteiger partial charge in [-0.05, 0) is 51.9 Å². The number of aryl methyl sites for hydroxylation is 1. The van der Waals surface area contributed by atoms with Crippen LogP contribution >= 0.6 is 12.4 Å². The molecule has 1 aliphatic heterocycles. The van der Waals surface area contributed by atoms with Crippen molar-refractivity contribution in [3.8, 4) is 0 Å². The summed E-state index contributed by atoms with van der Waals surface area (Å²) in [4.78, 5) is 12.7. The number of benzene rings is 1. The summed E-state index contributed by atoms with van der Waals surface area (Å²) in [5, 5.41) is 11.0. The molecular weight excluding hydrogens is 354 g/mol. The number of piperidine rings is 1. The fourth-order valence-electron chi connectivity index (χ4n) is 2.83. The Kier molecular flexibility index (Phi) is 7.59. The molecule has 2 rings (SSSR count). The molecule has 1 fully saturated rings. The number of halogens is 1. The van der Waals surface area contributed by atoms with Gasteiger partial charge in [-0.15, -0.1) is 12.4 Å². The maximum atomic E-state index is 12.4. The summed E-state index contributed by atoms with van der Waals surface area (Å²) in [6.45, 7) is 6.48. The maximum Gasteiger partial charge on any atom is 0.273 e. The first kappa shape index (κ1) is 20.8. The lowest BCUT2D eigenvalue weighted by molar-refractivity contribution is -0.385. The number of nitrogens with one attached hydrogen (secondary N) is 1. The number of sulfonamides is 1. The molecule has 136 valence electrons. The highest BCUT2D eigenvalue weighted by Gasteiger charge is 2.26. The molecule has 0 radical (unpaired) electrons.